The van der Waals surface area contributed by atoms with Crippen LogP contribution in [0.4, 0.5) is 4.39 Å². The molecule has 0 radical (unpaired) electrons. The van der Waals surface area contributed by atoms with E-state index in [1.165, 1.54) is 173 Å². The van der Waals surface area contributed by atoms with E-state index in [2.05, 4.69) is 148 Å². The molecule has 0 bridgehead atoms. The van der Waals surface area contributed by atoms with Crippen LogP contribution < -0.4 is 0 Å². The number of hydrogen-bond acceptors (Lipinski definition) is 16. The van der Waals surface area contributed by atoms with Crippen LogP contribution >= 0.6 is 61.1 Å². The van der Waals surface area contributed by atoms with Gasteiger partial charge in [0, 0.05) is 27.4 Å². The van der Waals surface area contributed by atoms with Crippen LogP contribution in [-0.4, -0.2) is 164 Å². The summed E-state index contributed by atoms with van der Waals surface area (Å²) in [7, 11) is -8.85. The third kappa shape index (κ3) is 81.9. The lowest BCUT2D eigenvalue weighted by Gasteiger charge is -2.35. The first-order chi connectivity index (χ1) is 60.9. The van der Waals surface area contributed by atoms with E-state index in [-0.39, 0.29) is 67.7 Å². The van der Waals surface area contributed by atoms with Gasteiger partial charge in [0.05, 0.1) is 85.4 Å². The van der Waals surface area contributed by atoms with Gasteiger partial charge in [0.2, 0.25) is 0 Å². The Morgan fingerprint density at radius 1 is 0.295 bits per heavy atom. The third-order valence-corrected chi connectivity index (χ3v) is 29.8. The van der Waals surface area contributed by atoms with Crippen molar-refractivity contribution in [2.75, 3.05) is 125 Å². The smallest absolute Gasteiger partial charge is 0.388 e. The van der Waals surface area contributed by atoms with Gasteiger partial charge < -0.3 is 48.2 Å². The second-order valence-corrected chi connectivity index (χ2v) is 43.8. The number of phosphoric acid groups is 3. The average molecular weight is 1990 g/mol. The zero-order valence-corrected chi connectivity index (χ0v) is 96.7. The van der Waals surface area contributed by atoms with Crippen LogP contribution in [-0.2, 0) is 69.3 Å². The molecule has 0 aliphatic heterocycles. The second-order valence-electron chi connectivity index (χ2n) is 37.6. The zero-order chi connectivity index (χ0) is 96.6. The summed E-state index contributed by atoms with van der Waals surface area (Å²) in [6.07, 6.45) is 61.7. The van der Waals surface area contributed by atoms with Gasteiger partial charge in [-0.3, -0.25) is 27.1 Å². The lowest BCUT2D eigenvalue weighted by Crippen LogP contribution is -2.32. The van der Waals surface area contributed by atoms with E-state index in [4.69, 9.17) is 51.4 Å². The summed E-state index contributed by atoms with van der Waals surface area (Å²) < 4.78 is 117. The van der Waals surface area contributed by atoms with Crippen LogP contribution in [0.5, 0.6) is 0 Å². The number of alkyl halides is 1. The van der Waals surface area contributed by atoms with E-state index in [0.29, 0.717) is 52.0 Å². The Labute approximate surface area is 811 Å². The summed E-state index contributed by atoms with van der Waals surface area (Å²) in [6.45, 7) is 50.1. The topological polar surface area (TPSA) is 243 Å². The number of aliphatic hydroxyl groups excluding tert-OH is 1. The van der Waals surface area contributed by atoms with Crippen molar-refractivity contribution in [2.45, 2.75) is 504 Å². The lowest BCUT2D eigenvalue weighted by atomic mass is 9.75. The number of rotatable bonds is 91. The third-order valence-electron chi connectivity index (χ3n) is 25.5. The molecule has 788 valence electrons. The molecule has 0 saturated heterocycles. The summed E-state index contributed by atoms with van der Waals surface area (Å²) in [5, 5.41) is 11.1. The highest BCUT2D eigenvalue weighted by molar-refractivity contribution is 7.48. The Bertz CT molecular complexity index is 2210. The van der Waals surface area contributed by atoms with E-state index in [1.54, 1.807) is 0 Å². The first-order valence-corrected chi connectivity index (χ1v) is 59.5. The molecule has 4 N–H and O–H groups in total. The molecule has 0 fully saturated rings. The Kier molecular flexibility index (Phi) is 108. The van der Waals surface area contributed by atoms with Gasteiger partial charge in [-0.2, -0.15) is 19.8 Å². The maximum atomic E-state index is 14.3. The summed E-state index contributed by atoms with van der Waals surface area (Å²) in [5.41, 5.74) is 1.14. The fourth-order valence-electron chi connectivity index (χ4n) is 17.2. The fourth-order valence-corrected chi connectivity index (χ4v) is 20.3. The molecule has 0 aromatic heterocycles. The number of phosphoric ester groups is 3. The van der Waals surface area contributed by atoms with Gasteiger partial charge in [0.1, 0.15) is 18.6 Å². The first kappa shape index (κ1) is 144. The van der Waals surface area contributed by atoms with Gasteiger partial charge in [0.15, 0.2) is 0 Å². The molecule has 0 rings (SSSR count). The lowest BCUT2D eigenvalue weighted by molar-refractivity contribution is -0.0507. The summed E-state index contributed by atoms with van der Waals surface area (Å²) in [4.78, 5) is 31.1. The predicted molar refractivity (Wildman–Crippen MR) is 569 cm³/mol. The molecular weight excluding hydrogens is 1760 g/mol. The van der Waals surface area contributed by atoms with Gasteiger partial charge in [-0.25, -0.2) is 18.1 Å². The molecule has 129 heavy (non-hydrogen) atoms. The van der Waals surface area contributed by atoms with Crippen LogP contribution in [0, 0.1) is 32.5 Å². The molecular formula is C102H224FO19P7. The quantitative estimate of drug-likeness (QED) is 0.0327. The minimum atomic E-state index is -4.88. The predicted octanol–water partition coefficient (Wildman–Crippen LogP) is 32.8. The fraction of sp³-hybridized carbons (Fsp3) is 1.00. The van der Waals surface area contributed by atoms with Crippen molar-refractivity contribution >= 4 is 61.1 Å². The highest BCUT2D eigenvalue weighted by atomic mass is 31.2. The number of unbranched alkanes of at least 4 members (excludes halogenated alkanes) is 18. The van der Waals surface area contributed by atoms with Crippen molar-refractivity contribution in [1.82, 2.24) is 0 Å². The number of aliphatic hydroxyl groups is 1. The highest BCUT2D eigenvalue weighted by Gasteiger charge is 2.38. The monoisotopic (exact) mass is 1990 g/mol. The van der Waals surface area contributed by atoms with Crippen molar-refractivity contribution in [3.8, 4) is 0 Å². The van der Waals surface area contributed by atoms with Crippen molar-refractivity contribution in [3.63, 3.8) is 0 Å². The maximum Gasteiger partial charge on any atom is 0.472 e. The molecule has 0 aromatic rings. The van der Waals surface area contributed by atoms with Crippen molar-refractivity contribution in [1.29, 1.82) is 0 Å². The van der Waals surface area contributed by atoms with Gasteiger partial charge in [0.25, 0.3) is 0 Å². The molecule has 0 aliphatic rings. The van der Waals surface area contributed by atoms with E-state index >= 15 is 0 Å². The summed E-state index contributed by atoms with van der Waals surface area (Å²) in [5.74, 6) is 0. The van der Waals surface area contributed by atoms with Crippen LogP contribution in [0.15, 0.2) is 0 Å². The molecule has 0 aromatic carbocycles. The Balaban J connectivity index is -0.000000521. The normalized spacial score (nSPS) is 14.0. The van der Waals surface area contributed by atoms with Gasteiger partial charge in [-0.1, -0.05) is 356 Å². The molecule has 0 spiro atoms. The number of halogens is 1. The Morgan fingerprint density at radius 2 is 0.488 bits per heavy atom. The van der Waals surface area contributed by atoms with Gasteiger partial charge >= 0.3 is 23.5 Å². The molecule has 19 nitrogen and oxygen atoms in total. The molecule has 27 heteroatoms. The SMILES string of the molecule is CCCCC(CCCC)(CCCC)COCC.CCCCC(CCCC)(CCCC)COCC.CCCCC(CCCC)(CCCC)COCCPCC(COCC(CCCC)(CCCC)CCCC)OP(=O)(O)OCC(COCC(CCCC)(CCCC)CCCC)OP(=O)(O)OCC(O)COCC(CCCC)(CCCC)CCCC.COP(=O)(O)OC.FCP.P.P. The average Bonchev–Trinajstić information content (AvgIpc) is 0.851. The molecule has 9 unspecified atom stereocenters. The summed E-state index contributed by atoms with van der Waals surface area (Å²) in [6, 6.07) is 0. The van der Waals surface area contributed by atoms with Crippen molar-refractivity contribution < 1.29 is 93.4 Å². The van der Waals surface area contributed by atoms with Crippen molar-refractivity contribution in [2.24, 2.45) is 32.5 Å². The Hall–Kier alpha value is 1.70. The van der Waals surface area contributed by atoms with Crippen molar-refractivity contribution in [3.05, 3.63) is 0 Å². The molecule has 0 amide bonds. The van der Waals surface area contributed by atoms with Gasteiger partial charge in [-0.15, -0.1) is 17.8 Å². The molecule has 9 atom stereocenters. The standard InChI is InChI=1S/C67H139O13P3.2C16H34O.C2H7O4P.CH4FP.2H3P/c1-13-25-37-64(38-26-14-2,39-27-15-3)57-73-49-50-81-56-63(54-76-60-67(46-34-22-10,47-35-23-11)48-36-24-12)80-83(71,72)78-55-62(53-75-59-66(43-31-19-7,44-32-20-8)45-33-21-9)79-82(69,70)77-52-61(68)51-74-58-65(40-28-16-4,41-29-17-5)42-30-18-6;2*1-5-9-12-16(13-10-6-2,14-11-7-3)15-17-8-4;1-5-7(3,4)6-2;2-1-3;;/h61-63,68,81H,13-60H2,1-12H3,(H,69,70)(H,71,72);2*5-15H2,1-4H3;1-2H3,(H,3,4);1,3H2;2*1H3. The summed E-state index contributed by atoms with van der Waals surface area (Å²) >= 11 is 0. The second kappa shape index (κ2) is 97.2. The van der Waals surface area contributed by atoms with Crippen LogP contribution in [0.3, 0.4) is 0 Å². The van der Waals surface area contributed by atoms with E-state index in [0.717, 1.165) is 227 Å². The molecule has 0 heterocycles. The van der Waals surface area contributed by atoms with Crippen LogP contribution in [0.1, 0.15) is 485 Å². The zero-order valence-electron chi connectivity index (χ0n) is 89.1. The largest absolute Gasteiger partial charge is 0.472 e. The molecule has 0 saturated carbocycles. The minimum Gasteiger partial charge on any atom is -0.388 e. The van der Waals surface area contributed by atoms with Crippen LogP contribution in [0.2, 0.25) is 0 Å². The maximum absolute atomic E-state index is 14.3. The number of hydrogen-bond donors (Lipinski definition) is 4. The van der Waals surface area contributed by atoms with E-state index in [1.807, 2.05) is 9.24 Å². The van der Waals surface area contributed by atoms with Gasteiger partial charge in [-0.05, 0) is 174 Å². The van der Waals surface area contributed by atoms with E-state index in [9.17, 15) is 33.0 Å². The first-order valence-electron chi connectivity index (χ1n) is 52.8. The number of ether oxygens (including phenoxy) is 6. The van der Waals surface area contributed by atoms with E-state index < -0.39 is 55.0 Å². The highest BCUT2D eigenvalue weighted by Crippen LogP contribution is 2.50. The molecule has 0 aliphatic carbocycles. The minimum absolute atomic E-state index is 0. The Morgan fingerprint density at radius 3 is 0.698 bits per heavy atom. The van der Waals surface area contributed by atoms with Crippen LogP contribution in [0.25, 0.3) is 0 Å².